The molecule has 0 aliphatic carbocycles. The van der Waals surface area contributed by atoms with Crippen LogP contribution in [-0.4, -0.2) is 49.1 Å². The Morgan fingerprint density at radius 2 is 1.21 bits per heavy atom. The van der Waals surface area contributed by atoms with E-state index in [2.05, 4.69) is 4.74 Å². The fourth-order valence-electron chi connectivity index (χ4n) is 2.62. The lowest BCUT2D eigenvalue weighted by Crippen LogP contribution is -2.61. The Labute approximate surface area is 186 Å². The summed E-state index contributed by atoms with van der Waals surface area (Å²) in [5.41, 5.74) is -0.716. The SMILES string of the molecule is CC(C)(C)CC(C(=O)OCCC(=O)OCCC(F)(F)C(F)(F)C(F)(F)C(F)(F)F)C(C)(C)C. The van der Waals surface area contributed by atoms with Gasteiger partial charge in [0, 0.05) is 0 Å². The third kappa shape index (κ3) is 8.55. The van der Waals surface area contributed by atoms with E-state index in [0.717, 1.165) is 0 Å². The first-order valence-corrected chi connectivity index (χ1v) is 9.89. The summed E-state index contributed by atoms with van der Waals surface area (Å²) >= 11 is 0. The molecule has 0 rings (SSSR count). The highest BCUT2D eigenvalue weighted by Gasteiger charge is 2.81. The highest BCUT2D eigenvalue weighted by atomic mass is 19.4. The average molecular weight is 504 g/mol. The number of hydrogen-bond donors (Lipinski definition) is 0. The number of carbonyl (C=O) groups is 2. The molecule has 4 nitrogen and oxygen atoms in total. The molecule has 0 aromatic heterocycles. The smallest absolute Gasteiger partial charge is 0.460 e. The maximum absolute atomic E-state index is 13.4. The van der Waals surface area contributed by atoms with Gasteiger partial charge in [0.15, 0.2) is 0 Å². The molecule has 0 aliphatic rings. The van der Waals surface area contributed by atoms with Gasteiger partial charge >= 0.3 is 35.9 Å². The van der Waals surface area contributed by atoms with Crippen molar-refractivity contribution in [2.75, 3.05) is 13.2 Å². The molecule has 0 bridgehead atoms. The minimum Gasteiger partial charge on any atom is -0.465 e. The van der Waals surface area contributed by atoms with E-state index >= 15 is 0 Å². The van der Waals surface area contributed by atoms with Gasteiger partial charge in [0.25, 0.3) is 0 Å². The standard InChI is InChI=1S/C20H29F9O4/c1-15(2,3)11-12(16(4,5)6)14(31)33-9-7-13(30)32-10-8-17(21,22)18(23,24)19(25,26)20(27,28)29/h12H,7-11H2,1-6H3. The number of hydrogen-bond acceptors (Lipinski definition) is 4. The summed E-state index contributed by atoms with van der Waals surface area (Å²) in [5.74, 6) is -22.1. The van der Waals surface area contributed by atoms with Gasteiger partial charge in [0.05, 0.1) is 25.4 Å². The first-order chi connectivity index (χ1) is 14.4. The molecule has 196 valence electrons. The van der Waals surface area contributed by atoms with Crippen molar-refractivity contribution in [1.82, 2.24) is 0 Å². The Morgan fingerprint density at radius 3 is 1.61 bits per heavy atom. The average Bonchev–Trinajstić information content (AvgIpc) is 2.56. The van der Waals surface area contributed by atoms with Crippen LogP contribution in [0.1, 0.15) is 60.8 Å². The zero-order valence-corrected chi connectivity index (χ0v) is 19.1. The van der Waals surface area contributed by atoms with E-state index in [1.54, 1.807) is 20.8 Å². The van der Waals surface area contributed by atoms with Crippen LogP contribution >= 0.6 is 0 Å². The van der Waals surface area contributed by atoms with Crippen LogP contribution in [0.2, 0.25) is 0 Å². The summed E-state index contributed by atoms with van der Waals surface area (Å²) in [5, 5.41) is 0. The number of ether oxygens (including phenoxy) is 2. The molecule has 0 fully saturated rings. The first kappa shape index (κ1) is 31.3. The van der Waals surface area contributed by atoms with Gasteiger partial charge in [-0.1, -0.05) is 41.5 Å². The summed E-state index contributed by atoms with van der Waals surface area (Å²) in [6, 6.07) is 0. The van der Waals surface area contributed by atoms with E-state index < -0.39 is 73.3 Å². The molecule has 0 aromatic carbocycles. The fraction of sp³-hybridized carbons (Fsp3) is 0.900. The van der Waals surface area contributed by atoms with E-state index in [9.17, 15) is 49.1 Å². The Morgan fingerprint density at radius 1 is 0.727 bits per heavy atom. The number of carbonyl (C=O) groups excluding carboxylic acids is 2. The Bertz CT molecular complexity index is 674. The third-order valence-corrected chi connectivity index (χ3v) is 4.59. The zero-order chi connectivity index (χ0) is 26.7. The minimum atomic E-state index is -7.00. The molecule has 0 aromatic rings. The molecule has 0 saturated heterocycles. The van der Waals surface area contributed by atoms with E-state index in [1.807, 2.05) is 20.8 Å². The predicted octanol–water partition coefficient (Wildman–Crippen LogP) is 6.42. The summed E-state index contributed by atoms with van der Waals surface area (Å²) in [4.78, 5) is 23.9. The largest absolute Gasteiger partial charge is 0.465 e. The molecular formula is C20H29F9O4. The highest BCUT2D eigenvalue weighted by molar-refractivity contribution is 5.74. The monoisotopic (exact) mass is 504 g/mol. The molecule has 0 heterocycles. The maximum Gasteiger partial charge on any atom is 0.460 e. The lowest BCUT2D eigenvalue weighted by Gasteiger charge is -2.33. The molecule has 0 aliphatic heterocycles. The van der Waals surface area contributed by atoms with Crippen molar-refractivity contribution in [1.29, 1.82) is 0 Å². The number of rotatable bonds is 10. The van der Waals surface area contributed by atoms with Crippen LogP contribution in [0, 0.1) is 16.7 Å². The second kappa shape index (κ2) is 10.3. The molecule has 13 heteroatoms. The molecular weight excluding hydrogens is 475 g/mol. The van der Waals surface area contributed by atoms with Crippen LogP contribution in [0.3, 0.4) is 0 Å². The van der Waals surface area contributed by atoms with Gasteiger partial charge in [0.2, 0.25) is 0 Å². The van der Waals surface area contributed by atoms with Crippen LogP contribution in [0.15, 0.2) is 0 Å². The summed E-state index contributed by atoms with van der Waals surface area (Å²) in [6.45, 7) is 9.03. The van der Waals surface area contributed by atoms with E-state index in [4.69, 9.17) is 4.74 Å². The highest BCUT2D eigenvalue weighted by Crippen LogP contribution is 2.54. The fourth-order valence-corrected chi connectivity index (χ4v) is 2.62. The molecule has 0 amide bonds. The van der Waals surface area contributed by atoms with Gasteiger partial charge < -0.3 is 9.47 Å². The van der Waals surface area contributed by atoms with Crippen LogP contribution in [0.25, 0.3) is 0 Å². The Hall–Kier alpha value is -1.69. The predicted molar refractivity (Wildman–Crippen MR) is 99.1 cm³/mol. The molecule has 0 saturated carbocycles. The van der Waals surface area contributed by atoms with Crippen LogP contribution < -0.4 is 0 Å². The lowest BCUT2D eigenvalue weighted by atomic mass is 9.72. The number of esters is 2. The van der Waals surface area contributed by atoms with Gasteiger partial charge in [-0.3, -0.25) is 9.59 Å². The van der Waals surface area contributed by atoms with Gasteiger partial charge in [-0.2, -0.15) is 39.5 Å². The van der Waals surface area contributed by atoms with E-state index in [1.165, 1.54) is 0 Å². The van der Waals surface area contributed by atoms with Crippen molar-refractivity contribution in [2.45, 2.75) is 84.7 Å². The van der Waals surface area contributed by atoms with E-state index in [0.29, 0.717) is 6.42 Å². The molecule has 0 N–H and O–H groups in total. The van der Waals surface area contributed by atoms with Crippen LogP contribution in [0.5, 0.6) is 0 Å². The van der Waals surface area contributed by atoms with Gasteiger partial charge in [-0.15, -0.1) is 0 Å². The Balaban J connectivity index is 4.79. The Kier molecular flexibility index (Phi) is 9.76. The third-order valence-electron chi connectivity index (χ3n) is 4.59. The van der Waals surface area contributed by atoms with Crippen molar-refractivity contribution in [3.8, 4) is 0 Å². The summed E-state index contributed by atoms with van der Waals surface area (Å²) < 4.78 is 124. The molecule has 0 radical (unpaired) electrons. The van der Waals surface area contributed by atoms with Crippen LogP contribution in [-0.2, 0) is 19.1 Å². The van der Waals surface area contributed by atoms with Crippen molar-refractivity contribution in [3.63, 3.8) is 0 Å². The second-order valence-corrected chi connectivity index (χ2v) is 9.92. The quantitative estimate of drug-likeness (QED) is 0.255. The normalized spacial score (nSPS) is 15.2. The van der Waals surface area contributed by atoms with Gasteiger partial charge in [-0.25, -0.2) is 0 Å². The first-order valence-electron chi connectivity index (χ1n) is 9.89. The minimum absolute atomic E-state index is 0.230. The van der Waals surface area contributed by atoms with Gasteiger partial charge in [0.1, 0.15) is 6.61 Å². The van der Waals surface area contributed by atoms with Crippen LogP contribution in [0.4, 0.5) is 39.5 Å². The van der Waals surface area contributed by atoms with Crippen molar-refractivity contribution < 1.29 is 58.6 Å². The number of halogens is 9. The van der Waals surface area contributed by atoms with Crippen molar-refractivity contribution in [3.05, 3.63) is 0 Å². The number of alkyl halides is 9. The molecule has 1 unspecified atom stereocenters. The van der Waals surface area contributed by atoms with Gasteiger partial charge in [-0.05, 0) is 17.3 Å². The topological polar surface area (TPSA) is 52.6 Å². The summed E-state index contributed by atoms with van der Waals surface area (Å²) in [6.07, 6.45) is -9.42. The molecule has 33 heavy (non-hydrogen) atoms. The van der Waals surface area contributed by atoms with Crippen molar-refractivity contribution in [2.24, 2.45) is 16.7 Å². The molecule has 0 spiro atoms. The molecule has 1 atom stereocenters. The summed E-state index contributed by atoms with van der Waals surface area (Å²) in [7, 11) is 0. The second-order valence-electron chi connectivity index (χ2n) is 9.92. The van der Waals surface area contributed by atoms with E-state index in [-0.39, 0.29) is 5.41 Å². The zero-order valence-electron chi connectivity index (χ0n) is 19.1. The van der Waals surface area contributed by atoms with Crippen molar-refractivity contribution >= 4 is 11.9 Å². The maximum atomic E-state index is 13.4. The lowest BCUT2D eigenvalue weighted by molar-refractivity contribution is -0.397.